The molecule has 0 saturated carbocycles. The van der Waals surface area contributed by atoms with Crippen LogP contribution < -0.4 is 0 Å². The number of benzene rings is 1. The zero-order valence-electron chi connectivity index (χ0n) is 8.12. The van der Waals surface area contributed by atoms with Gasteiger partial charge >= 0.3 is 0 Å². The Morgan fingerprint density at radius 1 is 1.50 bits per heavy atom. The Labute approximate surface area is 92.0 Å². The highest BCUT2D eigenvalue weighted by molar-refractivity contribution is 7.67. The largest absolute Gasteiger partial charge is 0.270 e. The third-order valence-corrected chi connectivity index (χ3v) is 2.36. The standard InChI is InChI=1S/C8H8FNO5S/c1-5(15-16(13)14)7-4-6(10(11)12)2-3-8(7)9/h2-5,16H,1H3. The molecule has 0 fully saturated rings. The van der Waals surface area contributed by atoms with E-state index in [0.717, 1.165) is 18.2 Å². The van der Waals surface area contributed by atoms with Gasteiger partial charge in [-0.25, -0.2) is 12.8 Å². The summed E-state index contributed by atoms with van der Waals surface area (Å²) in [4.78, 5) is 9.73. The van der Waals surface area contributed by atoms with E-state index in [0.29, 0.717) is 0 Å². The molecule has 88 valence electrons. The lowest BCUT2D eigenvalue weighted by atomic mass is 10.1. The third-order valence-electron chi connectivity index (χ3n) is 1.87. The van der Waals surface area contributed by atoms with Crippen molar-refractivity contribution in [3.05, 3.63) is 39.7 Å². The van der Waals surface area contributed by atoms with E-state index in [9.17, 15) is 22.9 Å². The van der Waals surface area contributed by atoms with E-state index >= 15 is 0 Å². The summed E-state index contributed by atoms with van der Waals surface area (Å²) >= 11 is 0. The molecule has 0 aromatic heterocycles. The SMILES string of the molecule is CC(O[SH](=O)=O)c1cc([N+](=O)[O-])ccc1F. The fourth-order valence-corrected chi connectivity index (χ4v) is 1.51. The molecular formula is C8H8FNO5S. The lowest BCUT2D eigenvalue weighted by Gasteiger charge is -2.08. The average molecular weight is 249 g/mol. The monoisotopic (exact) mass is 249 g/mol. The smallest absolute Gasteiger partial charge is 0.264 e. The zero-order chi connectivity index (χ0) is 12.3. The van der Waals surface area contributed by atoms with Gasteiger partial charge in [-0.3, -0.25) is 14.3 Å². The molecule has 0 saturated heterocycles. The molecule has 1 rings (SSSR count). The Morgan fingerprint density at radius 3 is 2.62 bits per heavy atom. The van der Waals surface area contributed by atoms with Crippen LogP contribution in [0.15, 0.2) is 18.2 Å². The third kappa shape index (κ3) is 2.97. The molecule has 1 unspecified atom stereocenters. The van der Waals surface area contributed by atoms with Crippen molar-refractivity contribution in [2.24, 2.45) is 0 Å². The molecule has 1 aromatic rings. The summed E-state index contributed by atoms with van der Waals surface area (Å²) in [6.45, 7) is 1.28. The maximum Gasteiger partial charge on any atom is 0.270 e. The number of hydrogen-bond acceptors (Lipinski definition) is 5. The van der Waals surface area contributed by atoms with Crippen molar-refractivity contribution >= 4 is 16.7 Å². The van der Waals surface area contributed by atoms with Gasteiger partial charge in [0.1, 0.15) is 11.9 Å². The molecule has 0 radical (unpaired) electrons. The summed E-state index contributed by atoms with van der Waals surface area (Å²) in [5.74, 6) is -0.755. The molecule has 0 aliphatic heterocycles. The highest BCUT2D eigenvalue weighted by Crippen LogP contribution is 2.24. The van der Waals surface area contributed by atoms with Crippen molar-refractivity contribution in [3.63, 3.8) is 0 Å². The molecule has 16 heavy (non-hydrogen) atoms. The van der Waals surface area contributed by atoms with Crippen LogP contribution in [0.5, 0.6) is 0 Å². The minimum atomic E-state index is -3.14. The highest BCUT2D eigenvalue weighted by Gasteiger charge is 2.17. The van der Waals surface area contributed by atoms with Gasteiger partial charge in [0.15, 0.2) is 0 Å². The van der Waals surface area contributed by atoms with Gasteiger partial charge in [0.25, 0.3) is 16.7 Å². The van der Waals surface area contributed by atoms with E-state index in [4.69, 9.17) is 0 Å². The summed E-state index contributed by atoms with van der Waals surface area (Å²) < 4.78 is 38.1. The quantitative estimate of drug-likeness (QED) is 0.494. The number of nitrogens with zero attached hydrogens (tertiary/aromatic N) is 1. The van der Waals surface area contributed by atoms with Crippen molar-refractivity contribution in [1.29, 1.82) is 0 Å². The summed E-state index contributed by atoms with van der Waals surface area (Å²) in [5, 5.41) is 10.4. The lowest BCUT2D eigenvalue weighted by molar-refractivity contribution is -0.385. The summed E-state index contributed by atoms with van der Waals surface area (Å²) in [7, 11) is -3.14. The Kier molecular flexibility index (Phi) is 3.91. The van der Waals surface area contributed by atoms with Crippen LogP contribution in [-0.2, 0) is 15.2 Å². The minimum Gasteiger partial charge on any atom is -0.264 e. The van der Waals surface area contributed by atoms with Crippen molar-refractivity contribution in [2.75, 3.05) is 0 Å². The van der Waals surface area contributed by atoms with Gasteiger partial charge in [0, 0.05) is 17.7 Å². The van der Waals surface area contributed by atoms with Gasteiger partial charge in [0.2, 0.25) is 0 Å². The molecule has 0 N–H and O–H groups in total. The fourth-order valence-electron chi connectivity index (χ4n) is 1.14. The van der Waals surface area contributed by atoms with Gasteiger partial charge in [-0.1, -0.05) is 0 Å². The van der Waals surface area contributed by atoms with Crippen molar-refractivity contribution in [2.45, 2.75) is 13.0 Å². The highest BCUT2D eigenvalue weighted by atomic mass is 32.2. The zero-order valence-corrected chi connectivity index (χ0v) is 9.02. The van der Waals surface area contributed by atoms with Gasteiger partial charge in [-0.15, -0.1) is 0 Å². The molecule has 0 heterocycles. The second-order valence-corrected chi connectivity index (χ2v) is 3.59. The first kappa shape index (κ1) is 12.5. The molecule has 0 bridgehead atoms. The Hall–Kier alpha value is -1.54. The number of thiol groups is 1. The molecule has 1 aromatic carbocycles. The van der Waals surface area contributed by atoms with Crippen LogP contribution in [0, 0.1) is 15.9 Å². The summed E-state index contributed by atoms with van der Waals surface area (Å²) in [6, 6.07) is 2.83. The van der Waals surface area contributed by atoms with E-state index in [-0.39, 0.29) is 11.3 Å². The number of hydrogen-bond donors (Lipinski definition) is 1. The molecule has 0 aliphatic rings. The number of rotatable bonds is 4. The van der Waals surface area contributed by atoms with Crippen LogP contribution in [-0.4, -0.2) is 13.3 Å². The lowest BCUT2D eigenvalue weighted by Crippen LogP contribution is -2.02. The molecule has 0 aliphatic carbocycles. The van der Waals surface area contributed by atoms with Crippen LogP contribution in [0.1, 0.15) is 18.6 Å². The van der Waals surface area contributed by atoms with Gasteiger partial charge in [-0.2, -0.15) is 0 Å². The Morgan fingerprint density at radius 2 is 2.12 bits per heavy atom. The number of nitro groups is 1. The fraction of sp³-hybridized carbons (Fsp3) is 0.250. The maximum absolute atomic E-state index is 13.2. The molecule has 8 heteroatoms. The maximum atomic E-state index is 13.2. The first-order chi connectivity index (χ1) is 7.41. The first-order valence-electron chi connectivity index (χ1n) is 4.17. The predicted octanol–water partition coefficient (Wildman–Crippen LogP) is 1.34. The van der Waals surface area contributed by atoms with E-state index in [1.165, 1.54) is 6.92 Å². The second-order valence-electron chi connectivity index (χ2n) is 2.93. The van der Waals surface area contributed by atoms with Crippen LogP contribution in [0.2, 0.25) is 0 Å². The van der Waals surface area contributed by atoms with E-state index in [1.807, 2.05) is 0 Å². The van der Waals surface area contributed by atoms with Crippen LogP contribution >= 0.6 is 0 Å². The number of halogens is 1. The average Bonchev–Trinajstić information content (AvgIpc) is 2.16. The molecule has 6 nitrogen and oxygen atoms in total. The van der Waals surface area contributed by atoms with Gasteiger partial charge < -0.3 is 0 Å². The predicted molar refractivity (Wildman–Crippen MR) is 52.9 cm³/mol. The van der Waals surface area contributed by atoms with Gasteiger partial charge in [0.05, 0.1) is 4.92 Å². The van der Waals surface area contributed by atoms with Crippen molar-refractivity contribution in [1.82, 2.24) is 0 Å². The van der Waals surface area contributed by atoms with E-state index in [2.05, 4.69) is 4.18 Å². The second kappa shape index (κ2) is 4.99. The summed E-state index contributed by atoms with van der Waals surface area (Å²) in [5.41, 5.74) is -0.499. The van der Waals surface area contributed by atoms with Crippen LogP contribution in [0.25, 0.3) is 0 Å². The van der Waals surface area contributed by atoms with E-state index in [1.54, 1.807) is 0 Å². The number of non-ortho nitro benzene ring substituents is 1. The normalized spacial score (nSPS) is 12.7. The Balaban J connectivity index is 3.11. The topological polar surface area (TPSA) is 86.5 Å². The minimum absolute atomic E-state index is 0.173. The Bertz CT molecular complexity index is 479. The first-order valence-corrected chi connectivity index (χ1v) is 5.26. The van der Waals surface area contributed by atoms with Crippen molar-refractivity contribution in [3.8, 4) is 0 Å². The molecule has 1 atom stereocenters. The van der Waals surface area contributed by atoms with Crippen LogP contribution in [0.3, 0.4) is 0 Å². The van der Waals surface area contributed by atoms with Crippen LogP contribution in [0.4, 0.5) is 10.1 Å². The van der Waals surface area contributed by atoms with Crippen molar-refractivity contribution < 1.29 is 21.9 Å². The van der Waals surface area contributed by atoms with E-state index < -0.39 is 27.8 Å². The summed E-state index contributed by atoms with van der Waals surface area (Å²) in [6.07, 6.45) is -1.10. The molecule has 0 spiro atoms. The molecular weight excluding hydrogens is 241 g/mol. The number of nitro benzene ring substituents is 1. The van der Waals surface area contributed by atoms with Gasteiger partial charge in [-0.05, 0) is 13.0 Å². The molecule has 0 amide bonds.